The van der Waals surface area contributed by atoms with Crippen LogP contribution in [0.25, 0.3) is 11.1 Å². The number of halogens is 1. The number of aromatic nitrogens is 1. The highest BCUT2D eigenvalue weighted by atomic mass is 35.5. The average molecular weight is 443 g/mol. The smallest absolute Gasteiger partial charge is 0.329 e. The summed E-state index contributed by atoms with van der Waals surface area (Å²) in [6.45, 7) is 7.51. The molecule has 0 amide bonds. The Labute approximate surface area is 187 Å². The molecule has 2 aromatic rings. The Hall–Kier alpha value is -2.78. The second-order valence-corrected chi connectivity index (χ2v) is 9.80. The molecule has 0 radical (unpaired) electrons. The van der Waals surface area contributed by atoms with Crippen LogP contribution in [0.4, 0.5) is 0 Å². The fourth-order valence-electron chi connectivity index (χ4n) is 3.53. The minimum atomic E-state index is -0.767. The summed E-state index contributed by atoms with van der Waals surface area (Å²) in [7, 11) is 1.48. The summed E-state index contributed by atoms with van der Waals surface area (Å²) in [6.07, 6.45) is 4.04. The number of methoxy groups -OCH3 is 1. The molecule has 0 saturated heterocycles. The summed E-state index contributed by atoms with van der Waals surface area (Å²) >= 11 is 6.13. The number of nitrogens with zero attached hydrogens (tertiary/aromatic N) is 2. The van der Waals surface area contributed by atoms with Crippen LogP contribution in [-0.2, 0) is 9.53 Å². The Morgan fingerprint density at radius 2 is 1.97 bits per heavy atom. The molecule has 1 aromatic carbocycles. The van der Waals surface area contributed by atoms with Crippen molar-refractivity contribution in [2.45, 2.75) is 58.6 Å². The molecule has 7 heteroatoms. The van der Waals surface area contributed by atoms with Crippen molar-refractivity contribution in [1.29, 1.82) is 5.26 Å². The minimum Gasteiger partial charge on any atom is -0.495 e. The molecular weight excluding hydrogens is 416 g/mol. The second kappa shape index (κ2) is 8.39. The third kappa shape index (κ3) is 5.29. The highest BCUT2D eigenvalue weighted by Crippen LogP contribution is 2.51. The van der Waals surface area contributed by atoms with Crippen LogP contribution in [-0.4, -0.2) is 23.2 Å². The van der Waals surface area contributed by atoms with Crippen LogP contribution in [0.3, 0.4) is 0 Å². The number of pyridine rings is 1. The zero-order chi connectivity index (χ0) is 23.0. The van der Waals surface area contributed by atoms with E-state index in [0.717, 1.165) is 12.8 Å². The molecule has 1 aromatic heterocycles. The van der Waals surface area contributed by atoms with Crippen molar-refractivity contribution < 1.29 is 14.3 Å². The van der Waals surface area contributed by atoms with Crippen molar-refractivity contribution in [1.82, 2.24) is 4.57 Å². The van der Waals surface area contributed by atoms with Gasteiger partial charge >= 0.3 is 5.97 Å². The normalized spacial score (nSPS) is 15.6. The van der Waals surface area contributed by atoms with E-state index in [2.05, 4.69) is 13.0 Å². The van der Waals surface area contributed by atoms with Crippen molar-refractivity contribution in [2.24, 2.45) is 5.41 Å². The van der Waals surface area contributed by atoms with E-state index in [9.17, 15) is 14.9 Å². The van der Waals surface area contributed by atoms with Crippen molar-refractivity contribution in [3.8, 4) is 22.9 Å². The van der Waals surface area contributed by atoms with E-state index < -0.39 is 17.6 Å². The quantitative estimate of drug-likeness (QED) is 0.580. The molecule has 3 rings (SSSR count). The van der Waals surface area contributed by atoms with Gasteiger partial charge in [0.25, 0.3) is 5.56 Å². The fraction of sp³-hybridized carbons (Fsp3) is 0.458. The number of hydrogen-bond acceptors (Lipinski definition) is 5. The van der Waals surface area contributed by atoms with Gasteiger partial charge in [0.15, 0.2) is 0 Å². The molecule has 1 fully saturated rings. The van der Waals surface area contributed by atoms with E-state index in [-0.39, 0.29) is 11.0 Å². The predicted octanol–water partition coefficient (Wildman–Crippen LogP) is 5.12. The van der Waals surface area contributed by atoms with Gasteiger partial charge in [0.05, 0.1) is 24.9 Å². The van der Waals surface area contributed by atoms with E-state index >= 15 is 0 Å². The van der Waals surface area contributed by atoms with Crippen molar-refractivity contribution in [3.05, 3.63) is 51.4 Å². The monoisotopic (exact) mass is 442 g/mol. The minimum absolute atomic E-state index is 0.00779. The maximum Gasteiger partial charge on any atom is 0.329 e. The lowest BCUT2D eigenvalue weighted by Gasteiger charge is -2.27. The molecule has 0 bridgehead atoms. The molecule has 0 N–H and O–H groups in total. The number of rotatable bonds is 6. The molecule has 1 saturated carbocycles. The first-order valence-corrected chi connectivity index (χ1v) is 10.6. The maximum absolute atomic E-state index is 13.2. The maximum atomic E-state index is 13.2. The first kappa shape index (κ1) is 22.9. The van der Waals surface area contributed by atoms with Gasteiger partial charge in [-0.05, 0) is 63.6 Å². The summed E-state index contributed by atoms with van der Waals surface area (Å²) in [4.78, 5) is 26.2. The Balaban J connectivity index is 2.12. The van der Waals surface area contributed by atoms with Crippen LogP contribution < -0.4 is 10.3 Å². The molecule has 1 aliphatic rings. The molecular formula is C24H27ClN2O4. The number of ether oxygens (including phenoxy) is 2. The summed E-state index contributed by atoms with van der Waals surface area (Å²) in [5.74, 6) is -0.0779. The van der Waals surface area contributed by atoms with E-state index in [0.29, 0.717) is 33.9 Å². The number of esters is 1. The molecule has 1 unspecified atom stereocenters. The molecule has 0 spiro atoms. The Kier molecular flexibility index (Phi) is 6.20. The molecule has 164 valence electrons. The third-order valence-electron chi connectivity index (χ3n) is 5.46. The van der Waals surface area contributed by atoms with E-state index in [1.165, 1.54) is 23.9 Å². The topological polar surface area (TPSA) is 81.3 Å². The summed E-state index contributed by atoms with van der Waals surface area (Å²) in [6, 6.07) is 7.57. The molecule has 1 heterocycles. The van der Waals surface area contributed by atoms with E-state index in [1.807, 2.05) is 0 Å². The lowest BCUT2D eigenvalue weighted by Crippen LogP contribution is -2.36. The van der Waals surface area contributed by atoms with Crippen LogP contribution in [0.2, 0.25) is 5.02 Å². The predicted molar refractivity (Wildman–Crippen MR) is 119 cm³/mol. The number of carbonyl (C=O) groups excluding carboxylic acids is 1. The van der Waals surface area contributed by atoms with Gasteiger partial charge in [0.2, 0.25) is 0 Å². The Bertz CT molecular complexity index is 1100. The standard InChI is InChI=1S/C24H27ClN2O4/c1-23(2,3)31-22(29)19(12-24(4)8-9-24)27-14-20(30-5)18(11-21(27)28)17-10-16(25)7-6-15(17)13-26/h6-7,10-11,14,19H,8-9,12H2,1-5H3. The summed E-state index contributed by atoms with van der Waals surface area (Å²) < 4.78 is 12.6. The summed E-state index contributed by atoms with van der Waals surface area (Å²) in [5, 5.41) is 9.92. The van der Waals surface area contributed by atoms with Gasteiger partial charge in [-0.25, -0.2) is 4.79 Å². The lowest BCUT2D eigenvalue weighted by molar-refractivity contribution is -0.159. The van der Waals surface area contributed by atoms with Gasteiger partial charge in [-0.3, -0.25) is 9.36 Å². The van der Waals surface area contributed by atoms with Crippen molar-refractivity contribution in [3.63, 3.8) is 0 Å². The first-order chi connectivity index (χ1) is 14.5. The van der Waals surface area contributed by atoms with Crippen LogP contribution in [0, 0.1) is 16.7 Å². The van der Waals surface area contributed by atoms with Crippen LogP contribution in [0.5, 0.6) is 5.75 Å². The molecule has 1 aliphatic carbocycles. The van der Waals surface area contributed by atoms with E-state index in [1.54, 1.807) is 39.0 Å². The van der Waals surface area contributed by atoms with Gasteiger partial charge in [-0.1, -0.05) is 18.5 Å². The molecule has 31 heavy (non-hydrogen) atoms. The highest BCUT2D eigenvalue weighted by Gasteiger charge is 2.43. The van der Waals surface area contributed by atoms with Crippen molar-refractivity contribution in [2.75, 3.05) is 7.11 Å². The third-order valence-corrected chi connectivity index (χ3v) is 5.70. The van der Waals surface area contributed by atoms with Crippen LogP contribution >= 0.6 is 11.6 Å². The Morgan fingerprint density at radius 1 is 1.29 bits per heavy atom. The fourth-order valence-corrected chi connectivity index (χ4v) is 3.70. The zero-order valence-corrected chi connectivity index (χ0v) is 19.2. The van der Waals surface area contributed by atoms with Crippen LogP contribution in [0.1, 0.15) is 58.6 Å². The Morgan fingerprint density at radius 3 is 2.52 bits per heavy atom. The van der Waals surface area contributed by atoms with Crippen LogP contribution in [0.15, 0.2) is 35.3 Å². The first-order valence-electron chi connectivity index (χ1n) is 10.2. The van der Waals surface area contributed by atoms with Gasteiger partial charge in [-0.15, -0.1) is 0 Å². The number of hydrogen-bond donors (Lipinski definition) is 0. The van der Waals surface area contributed by atoms with Gasteiger partial charge in [0, 0.05) is 22.2 Å². The number of benzene rings is 1. The largest absolute Gasteiger partial charge is 0.495 e. The lowest BCUT2D eigenvalue weighted by atomic mass is 9.97. The van der Waals surface area contributed by atoms with E-state index in [4.69, 9.17) is 21.1 Å². The van der Waals surface area contributed by atoms with Gasteiger partial charge in [0.1, 0.15) is 17.4 Å². The van der Waals surface area contributed by atoms with Gasteiger partial charge < -0.3 is 9.47 Å². The number of carbonyl (C=O) groups is 1. The second-order valence-electron chi connectivity index (χ2n) is 9.37. The SMILES string of the molecule is COc1cn(C(CC2(C)CC2)C(=O)OC(C)(C)C)c(=O)cc1-c1cc(Cl)ccc1C#N. The van der Waals surface area contributed by atoms with Gasteiger partial charge in [-0.2, -0.15) is 5.26 Å². The summed E-state index contributed by atoms with van der Waals surface area (Å²) in [5.41, 5.74) is 0.278. The number of nitriles is 1. The molecule has 1 atom stereocenters. The average Bonchev–Trinajstić information content (AvgIpc) is 3.42. The highest BCUT2D eigenvalue weighted by molar-refractivity contribution is 6.31. The zero-order valence-electron chi connectivity index (χ0n) is 18.5. The van der Waals surface area contributed by atoms with Crippen molar-refractivity contribution >= 4 is 17.6 Å². The molecule has 6 nitrogen and oxygen atoms in total. The molecule has 0 aliphatic heterocycles.